The van der Waals surface area contributed by atoms with Gasteiger partial charge in [0, 0.05) is 76.8 Å². The van der Waals surface area contributed by atoms with Gasteiger partial charge in [-0.05, 0) is 168 Å². The van der Waals surface area contributed by atoms with E-state index in [4.69, 9.17) is 78.1 Å². The highest BCUT2D eigenvalue weighted by Gasteiger charge is 2.40. The van der Waals surface area contributed by atoms with E-state index >= 15 is 0 Å². The number of hydrogen-bond acceptors (Lipinski definition) is 40. The quantitative estimate of drug-likeness (QED) is 0.0243. The Bertz CT molecular complexity index is 5730. The zero-order valence-electron chi connectivity index (χ0n) is 84.3. The van der Waals surface area contributed by atoms with Crippen LogP contribution < -0.4 is 77.8 Å². The van der Waals surface area contributed by atoms with Gasteiger partial charge in [0.25, 0.3) is 0 Å². The Morgan fingerprint density at radius 2 is 0.698 bits per heavy atom. The number of H-pyrrole nitrogens is 1. The zero-order valence-corrected chi connectivity index (χ0v) is 84.3. The molecule has 6 unspecified atom stereocenters. The van der Waals surface area contributed by atoms with Gasteiger partial charge in [-0.15, -0.1) is 0 Å². The molecule has 13 heterocycles. The molecular weight excluding hydrogens is 1940 g/mol. The minimum absolute atomic E-state index is 0.00427. The minimum Gasteiger partial charge on any atom is -0.481 e. The second kappa shape index (κ2) is 58.4. The fraction of sp³-hybridized carbons (Fsp3) is 0.564. The minimum atomic E-state index is -0.952. The molecule has 15 rings (SSSR count). The molecule has 55 heteroatoms. The van der Waals surface area contributed by atoms with E-state index < -0.39 is 42.1 Å². The first-order valence-electron chi connectivity index (χ1n) is 49.5. The number of Topliss-reactive ketones (excluding diaryl/α,β-unsaturated/α-hetero) is 6. The fourth-order valence-corrected chi connectivity index (χ4v) is 17.2. The monoisotopic (exact) mass is 2080 g/mol. The van der Waals surface area contributed by atoms with Crippen molar-refractivity contribution in [2.45, 2.75) is 295 Å². The highest BCUT2D eigenvalue weighted by atomic mass is 16.5. The van der Waals surface area contributed by atoms with Crippen LogP contribution in [-0.4, -0.2) is 270 Å². The van der Waals surface area contributed by atoms with Gasteiger partial charge in [-0.1, -0.05) is 98.0 Å². The predicted octanol–water partition coefficient (Wildman–Crippen LogP) is 3.70. The van der Waals surface area contributed by atoms with Crippen molar-refractivity contribution in [3.8, 4) is 0 Å². The number of carbonyl (C=O) groups is 14. The first-order chi connectivity index (χ1) is 71.4. The molecule has 0 aliphatic carbocycles. The summed E-state index contributed by atoms with van der Waals surface area (Å²) in [6.07, 6.45) is 17.0. The van der Waals surface area contributed by atoms with Gasteiger partial charge < -0.3 is 144 Å². The van der Waals surface area contributed by atoms with Crippen LogP contribution in [0.15, 0.2) is 100 Å². The molecule has 6 aliphatic rings. The summed E-state index contributed by atoms with van der Waals surface area (Å²) in [4.78, 5) is 206. The molecule has 808 valence electrons. The molecule has 0 spiro atoms. The van der Waals surface area contributed by atoms with Crippen LogP contribution in [0, 0.1) is 0 Å². The number of hydrogen-bond donors (Lipinski definition) is 16. The van der Waals surface area contributed by atoms with Crippen LogP contribution >= 0.6 is 0 Å². The summed E-state index contributed by atoms with van der Waals surface area (Å²) in [5, 5.41) is 47.8. The SMILES string of the molecule is CC(=O)C1CCCN1C(=O)NCc1nc(CN)no1.CC(=O)C1CCCN1C(=O)NCc1nc([C@@H](N)CCC(=O)O)no1.CC(=O)C1CCCN1C(=O)NCc1nc([C@@H](N)CCC(N)=O)no1.CC(=O)C1CCCN1C(=O)NCc1nc([C@@H](N)CCCCN)no1.CC(=O)C1CCCN1C(=O)NCc1nc([C@@H](N)Cc2ccccc2)no1.CC(=O)C1CCCN1C(=O)N[C@@H](Cc1ccccc1)c1nc([C@@H](N)Cc2cnc[nH]2)no1. The third-order valence-corrected chi connectivity index (χ3v) is 25.1. The molecule has 12 atom stereocenters. The van der Waals surface area contributed by atoms with E-state index in [0.717, 1.165) is 81.0 Å². The molecule has 149 heavy (non-hydrogen) atoms. The van der Waals surface area contributed by atoms with Crippen molar-refractivity contribution in [1.29, 1.82) is 0 Å². The number of carboxylic acid groups (broad SMARTS) is 1. The van der Waals surface area contributed by atoms with Crippen molar-refractivity contribution in [1.82, 2.24) is 132 Å². The number of nitrogens with two attached hydrogens (primary N) is 8. The number of unbranched alkanes of at least 4 members (excludes halogenated alkanes) is 1. The molecule has 13 amide bonds. The van der Waals surface area contributed by atoms with Crippen LogP contribution in [0.5, 0.6) is 0 Å². The maximum Gasteiger partial charge on any atom is 0.318 e. The molecule has 6 aliphatic heterocycles. The molecule has 0 radical (unpaired) electrons. The highest BCUT2D eigenvalue weighted by Crippen LogP contribution is 2.28. The fourth-order valence-electron chi connectivity index (χ4n) is 17.2. The number of carboxylic acids is 1. The third kappa shape index (κ3) is 35.8. The van der Waals surface area contributed by atoms with Gasteiger partial charge in [-0.25, -0.2) is 33.8 Å². The number of carbonyl (C=O) groups excluding carboxylic acids is 13. The maximum atomic E-state index is 13.0. The molecule has 2 aromatic carbocycles. The summed E-state index contributed by atoms with van der Waals surface area (Å²) in [6, 6.07) is 12.6. The van der Waals surface area contributed by atoms with Gasteiger partial charge in [0.15, 0.2) is 69.6 Å². The Morgan fingerprint density at radius 3 is 1.03 bits per heavy atom. The Labute approximate surface area is 857 Å². The number of rotatable bonds is 40. The van der Waals surface area contributed by atoms with E-state index in [1.165, 1.54) is 51.3 Å². The smallest absolute Gasteiger partial charge is 0.318 e. The summed E-state index contributed by atoms with van der Waals surface area (Å²) in [7, 11) is 0. The van der Waals surface area contributed by atoms with Crippen molar-refractivity contribution in [3.63, 3.8) is 0 Å². The number of amides is 13. The van der Waals surface area contributed by atoms with E-state index in [2.05, 4.69) is 103 Å². The summed E-state index contributed by atoms with van der Waals surface area (Å²) in [5.41, 5.74) is 48.8. The van der Waals surface area contributed by atoms with Crippen molar-refractivity contribution in [2.24, 2.45) is 45.9 Å². The lowest BCUT2D eigenvalue weighted by Gasteiger charge is -2.25. The van der Waals surface area contributed by atoms with Crippen LogP contribution in [0.4, 0.5) is 28.8 Å². The second-order valence-electron chi connectivity index (χ2n) is 36.5. The molecule has 6 saturated heterocycles. The second-order valence-corrected chi connectivity index (χ2v) is 36.5. The van der Waals surface area contributed by atoms with Crippen molar-refractivity contribution in [3.05, 3.63) is 160 Å². The predicted molar refractivity (Wildman–Crippen MR) is 524 cm³/mol. The van der Waals surface area contributed by atoms with Crippen molar-refractivity contribution < 1.29 is 99.4 Å². The lowest BCUT2D eigenvalue weighted by molar-refractivity contribution is -0.137. The summed E-state index contributed by atoms with van der Waals surface area (Å²) >= 11 is 0. The number of likely N-dealkylation sites (tertiary alicyclic amines) is 6. The Balaban J connectivity index is 0.000000184. The lowest BCUT2D eigenvalue weighted by Crippen LogP contribution is -2.46. The number of primary amides is 1. The molecule has 6 fully saturated rings. The zero-order chi connectivity index (χ0) is 108. The number of aliphatic carboxylic acids is 1. The number of aromatic nitrogens is 14. The van der Waals surface area contributed by atoms with E-state index in [-0.39, 0.29) is 207 Å². The summed E-state index contributed by atoms with van der Waals surface area (Å²) in [6.45, 7) is 13.6. The summed E-state index contributed by atoms with van der Waals surface area (Å²) in [5.74, 6) is 2.10. The van der Waals surface area contributed by atoms with Gasteiger partial charge in [0.05, 0.1) is 112 Å². The number of ketones is 6. The van der Waals surface area contributed by atoms with Crippen molar-refractivity contribution >= 4 is 82.8 Å². The number of aromatic amines is 1. The largest absolute Gasteiger partial charge is 0.481 e. The van der Waals surface area contributed by atoms with Gasteiger partial charge in [-0.2, -0.15) is 29.9 Å². The average molecular weight is 2080 g/mol. The molecule has 0 saturated carbocycles. The van der Waals surface area contributed by atoms with E-state index in [1.54, 1.807) is 32.1 Å². The van der Waals surface area contributed by atoms with E-state index in [1.807, 2.05) is 60.7 Å². The normalized spacial score (nSPS) is 18.3. The Hall–Kier alpha value is -15.2. The summed E-state index contributed by atoms with van der Waals surface area (Å²) < 4.78 is 30.7. The molecule has 55 nitrogen and oxygen atoms in total. The molecule has 24 N–H and O–H groups in total. The molecule has 7 aromatic heterocycles. The molecule has 0 bridgehead atoms. The topological polar surface area (TPSA) is 821 Å². The van der Waals surface area contributed by atoms with Gasteiger partial charge in [0.2, 0.25) is 41.3 Å². The first-order valence-corrected chi connectivity index (χ1v) is 49.5. The Kier molecular flexibility index (Phi) is 45.3. The van der Waals surface area contributed by atoms with E-state index in [0.29, 0.717) is 139 Å². The number of nitrogens with zero attached hydrogens (tertiary/aromatic N) is 19. The number of benzene rings is 2. The van der Waals surface area contributed by atoms with Crippen LogP contribution in [0.2, 0.25) is 0 Å². The van der Waals surface area contributed by atoms with Crippen LogP contribution in [0.25, 0.3) is 0 Å². The van der Waals surface area contributed by atoms with E-state index in [9.17, 15) is 67.1 Å². The van der Waals surface area contributed by atoms with Crippen LogP contribution in [0.3, 0.4) is 0 Å². The highest BCUT2D eigenvalue weighted by molar-refractivity contribution is 5.91. The average Bonchev–Trinajstić information content (AvgIpc) is 1.68. The molecular formula is C94H136N34O21. The maximum absolute atomic E-state index is 13.0. The van der Waals surface area contributed by atoms with Crippen LogP contribution in [0.1, 0.15) is 287 Å². The lowest BCUT2D eigenvalue weighted by atomic mass is 10.1. The van der Waals surface area contributed by atoms with Gasteiger partial charge >= 0.3 is 42.2 Å². The number of urea groups is 6. The molecule has 9 aromatic rings. The third-order valence-electron chi connectivity index (χ3n) is 25.1. The first kappa shape index (κ1) is 116. The number of imidazole rings is 1. The van der Waals surface area contributed by atoms with Gasteiger partial charge in [-0.3, -0.25) is 38.4 Å². The number of nitrogens with one attached hydrogen (secondary N) is 7. The van der Waals surface area contributed by atoms with Crippen LogP contribution in [-0.2, 0) is 96.9 Å². The standard InChI is InChI=1S/C22H27N7O3.C18H23N5O3.C15H26N6O3.C14H22N6O4.C14H21N5O5.C11H17N5O3/c1-14(30)19-8-5-9-29(19)22(31)26-18(10-15-6-3-2-4-7-15)21-27-20(28-32-21)17(23)11-16-12-24-13-25-16;1-12(24)15-8-5-9-23(15)18(25)20-11-16-21-17(22-26-16)14(19)10-13-6-3-2-4-7-13;1-10(22)12-6-4-8-21(12)15(23)18-9-13-19-14(20-24-13)11(17)5-2-3-7-16;1-8(21)10-3-2-6-20(10)14(23)17-7-12-18-13(19-24-12)9(15)4-5-11(16)22;1-8(20)10-3-2-6-19(10)14(23)16-7-11-17-13(18-24-11)9(15)4-5-12(21)22;1-7(17)8-3-2-4-16(8)11(18)13-6-10-14-9(5-12)15-19-10/h2-4,6-7,12-13,17-19H,5,8-11,23H2,1H3,(H,24,25)(H,26,31);2-4,6-7,14-15H,5,8-11,19H2,1H3,(H,20,25);11-12H,2-9,16-17H2,1H3,(H,18,23);9-10H,2-7,15H2,1H3,(H2,16,22)(H,17,23);9-10H,2-7,15H2,1H3,(H,16,23)(H,21,22);8H,2-6,12H2,1H3,(H,13,18)/t17-,18-,19?;14-,15?;11-,12?;2*9-,10?;/m00000./s1. The Morgan fingerprint density at radius 1 is 0.383 bits per heavy atom. The van der Waals surface area contributed by atoms with Crippen molar-refractivity contribution in [2.75, 3.05) is 45.8 Å². The van der Waals surface area contributed by atoms with Gasteiger partial charge in [0.1, 0.15) is 6.04 Å².